The second-order valence-electron chi connectivity index (χ2n) is 8.56. The molecule has 1 amide bonds. The van der Waals surface area contributed by atoms with E-state index in [0.717, 1.165) is 12.8 Å². The monoisotopic (exact) mass is 481 g/mol. The molecule has 0 radical (unpaired) electrons. The summed E-state index contributed by atoms with van der Waals surface area (Å²) in [7, 11) is -1.20. The summed E-state index contributed by atoms with van der Waals surface area (Å²) in [4.78, 5) is 36.9. The van der Waals surface area contributed by atoms with Gasteiger partial charge in [0.05, 0.1) is 31.3 Å². The Balaban J connectivity index is 1.73. The highest BCUT2D eigenvalue weighted by atomic mass is 32.2. The maximum atomic E-state index is 13.1. The van der Waals surface area contributed by atoms with E-state index in [1.54, 1.807) is 0 Å². The van der Waals surface area contributed by atoms with Gasteiger partial charge in [0, 0.05) is 31.9 Å². The smallest absolute Gasteiger partial charge is 0.337 e. The normalized spacial score (nSPS) is 20.8. The molecule has 1 aromatic rings. The average molecular weight is 482 g/mol. The second-order valence-corrected chi connectivity index (χ2v) is 10.5. The number of benzene rings is 1. The van der Waals surface area contributed by atoms with Crippen LogP contribution in [0.25, 0.3) is 0 Å². The van der Waals surface area contributed by atoms with Crippen LogP contribution in [0, 0.1) is 11.8 Å². The summed E-state index contributed by atoms with van der Waals surface area (Å²) in [5.74, 6) is -1.75. The van der Waals surface area contributed by atoms with Crippen LogP contribution in [0.3, 0.4) is 0 Å². The molecule has 1 atom stereocenters. The third kappa shape index (κ3) is 5.90. The summed E-state index contributed by atoms with van der Waals surface area (Å²) in [6.07, 6.45) is 2.76. The van der Waals surface area contributed by atoms with Crippen molar-refractivity contribution in [3.05, 3.63) is 29.3 Å². The lowest BCUT2D eigenvalue weighted by molar-refractivity contribution is -0.120. The van der Waals surface area contributed by atoms with Crippen LogP contribution in [0.15, 0.2) is 18.2 Å². The largest absolute Gasteiger partial charge is 0.465 e. The van der Waals surface area contributed by atoms with E-state index in [-0.39, 0.29) is 29.3 Å². The molecule has 182 valence electrons. The molecular formula is C22H31N3O7S. The van der Waals surface area contributed by atoms with Crippen LogP contribution in [0.5, 0.6) is 0 Å². The molecule has 2 aliphatic rings. The molecule has 11 heteroatoms. The molecule has 2 saturated heterocycles. The Morgan fingerprint density at radius 1 is 0.909 bits per heavy atom. The Bertz CT molecular complexity index is 969. The molecule has 0 spiro atoms. The maximum absolute atomic E-state index is 13.1. The van der Waals surface area contributed by atoms with Crippen LogP contribution in [0.1, 0.15) is 53.3 Å². The van der Waals surface area contributed by atoms with Crippen LogP contribution >= 0.6 is 0 Å². The first kappa shape index (κ1) is 25.1. The summed E-state index contributed by atoms with van der Waals surface area (Å²) >= 11 is 0. The number of hydrogen-bond acceptors (Lipinski definition) is 7. The molecule has 2 aliphatic heterocycles. The van der Waals surface area contributed by atoms with Crippen molar-refractivity contribution < 1.29 is 32.3 Å². The molecule has 10 nitrogen and oxygen atoms in total. The fourth-order valence-corrected chi connectivity index (χ4v) is 5.89. The Morgan fingerprint density at radius 2 is 1.48 bits per heavy atom. The molecule has 1 aromatic carbocycles. The predicted octanol–water partition coefficient (Wildman–Crippen LogP) is 1.89. The number of nitrogens with one attached hydrogen (secondary N) is 1. The maximum Gasteiger partial charge on any atom is 0.337 e. The number of amides is 1. The highest BCUT2D eigenvalue weighted by Crippen LogP contribution is 2.26. The van der Waals surface area contributed by atoms with Crippen LogP contribution in [-0.4, -0.2) is 75.3 Å². The Morgan fingerprint density at radius 3 is 2.03 bits per heavy atom. The summed E-state index contributed by atoms with van der Waals surface area (Å²) < 4.78 is 38.5. The van der Waals surface area contributed by atoms with Crippen molar-refractivity contribution in [3.8, 4) is 0 Å². The Hall–Kier alpha value is -2.50. The first-order chi connectivity index (χ1) is 15.6. The fourth-order valence-electron chi connectivity index (χ4n) is 4.16. The zero-order valence-electron chi connectivity index (χ0n) is 19.2. The lowest BCUT2D eigenvalue weighted by Crippen LogP contribution is -2.51. The zero-order chi connectivity index (χ0) is 24.2. The van der Waals surface area contributed by atoms with Gasteiger partial charge in [-0.25, -0.2) is 9.59 Å². The van der Waals surface area contributed by atoms with Gasteiger partial charge in [0.2, 0.25) is 5.91 Å². The number of rotatable bonds is 6. The van der Waals surface area contributed by atoms with Gasteiger partial charge < -0.3 is 14.8 Å². The van der Waals surface area contributed by atoms with E-state index >= 15 is 0 Å². The first-order valence-electron chi connectivity index (χ1n) is 11.0. The van der Waals surface area contributed by atoms with Crippen molar-refractivity contribution in [1.82, 2.24) is 8.61 Å². The van der Waals surface area contributed by atoms with E-state index in [1.165, 1.54) is 41.0 Å². The minimum Gasteiger partial charge on any atom is -0.465 e. The third-order valence-electron chi connectivity index (χ3n) is 6.19. The van der Waals surface area contributed by atoms with Crippen molar-refractivity contribution in [2.24, 2.45) is 11.8 Å². The molecule has 3 rings (SSSR count). The number of methoxy groups -OCH3 is 2. The highest BCUT2D eigenvalue weighted by molar-refractivity contribution is 7.86. The molecule has 0 aliphatic carbocycles. The van der Waals surface area contributed by atoms with Crippen molar-refractivity contribution in [2.75, 3.05) is 45.7 Å². The van der Waals surface area contributed by atoms with Crippen LogP contribution in [0.4, 0.5) is 5.69 Å². The van der Waals surface area contributed by atoms with Gasteiger partial charge in [-0.1, -0.05) is 6.92 Å². The van der Waals surface area contributed by atoms with E-state index < -0.39 is 28.1 Å². The van der Waals surface area contributed by atoms with Gasteiger partial charge in [-0.05, 0) is 49.8 Å². The number of esters is 2. The lowest BCUT2D eigenvalue weighted by atomic mass is 9.98. The number of hydrogen-bond donors (Lipinski definition) is 1. The molecule has 0 aromatic heterocycles. The minimum atomic E-state index is -3.63. The molecule has 0 saturated carbocycles. The SMILES string of the molecule is COC(=O)c1cc(NC(=O)[C@@H]2CCCN(S(=O)(=O)N3CCC(C)CC3)C2)cc(C(=O)OC)c1. The van der Waals surface area contributed by atoms with Crippen molar-refractivity contribution in [1.29, 1.82) is 0 Å². The number of nitrogens with zero attached hydrogens (tertiary/aromatic N) is 2. The molecule has 2 fully saturated rings. The Kier molecular flexibility index (Phi) is 8.09. The average Bonchev–Trinajstić information content (AvgIpc) is 2.83. The topological polar surface area (TPSA) is 122 Å². The van der Waals surface area contributed by atoms with Gasteiger partial charge in [-0.3, -0.25) is 4.79 Å². The van der Waals surface area contributed by atoms with Gasteiger partial charge in [0.15, 0.2) is 0 Å². The predicted molar refractivity (Wildman–Crippen MR) is 121 cm³/mol. The number of ether oxygens (including phenoxy) is 2. The van der Waals surface area contributed by atoms with Crippen molar-refractivity contribution >= 4 is 33.7 Å². The molecule has 2 heterocycles. The molecule has 0 bridgehead atoms. The van der Waals surface area contributed by atoms with E-state index in [4.69, 9.17) is 9.47 Å². The van der Waals surface area contributed by atoms with Gasteiger partial charge in [-0.15, -0.1) is 0 Å². The third-order valence-corrected chi connectivity index (χ3v) is 8.19. The van der Waals surface area contributed by atoms with Crippen molar-refractivity contribution in [2.45, 2.75) is 32.6 Å². The molecule has 33 heavy (non-hydrogen) atoms. The first-order valence-corrected chi connectivity index (χ1v) is 12.4. The van der Waals surface area contributed by atoms with Crippen LogP contribution in [-0.2, 0) is 24.5 Å². The van der Waals surface area contributed by atoms with E-state index in [2.05, 4.69) is 12.2 Å². The minimum absolute atomic E-state index is 0.0841. The van der Waals surface area contributed by atoms with Gasteiger partial charge >= 0.3 is 11.9 Å². The number of carbonyl (C=O) groups is 3. The van der Waals surface area contributed by atoms with E-state index in [1.807, 2.05) is 0 Å². The summed E-state index contributed by atoms with van der Waals surface area (Å²) in [5, 5.41) is 2.72. The number of piperidine rings is 2. The van der Waals surface area contributed by atoms with Gasteiger partial charge in [-0.2, -0.15) is 17.0 Å². The van der Waals surface area contributed by atoms with Gasteiger partial charge in [0.1, 0.15) is 0 Å². The second kappa shape index (κ2) is 10.6. The summed E-state index contributed by atoms with van der Waals surface area (Å²) in [5.41, 5.74) is 0.402. The lowest BCUT2D eigenvalue weighted by Gasteiger charge is -2.37. The van der Waals surface area contributed by atoms with Gasteiger partial charge in [0.25, 0.3) is 10.2 Å². The molecular weight excluding hydrogens is 450 g/mol. The number of carbonyl (C=O) groups excluding carboxylic acids is 3. The van der Waals surface area contributed by atoms with Crippen LogP contribution in [0.2, 0.25) is 0 Å². The Labute approximate surface area is 194 Å². The van der Waals surface area contributed by atoms with E-state index in [0.29, 0.717) is 38.4 Å². The highest BCUT2D eigenvalue weighted by Gasteiger charge is 2.37. The van der Waals surface area contributed by atoms with E-state index in [9.17, 15) is 22.8 Å². The summed E-state index contributed by atoms with van der Waals surface area (Å²) in [6, 6.07) is 4.13. The van der Waals surface area contributed by atoms with Crippen molar-refractivity contribution in [3.63, 3.8) is 0 Å². The summed E-state index contributed by atoms with van der Waals surface area (Å²) in [6.45, 7) is 3.57. The fraction of sp³-hybridized carbons (Fsp3) is 0.591. The molecule has 0 unspecified atom stereocenters. The van der Waals surface area contributed by atoms with Crippen LogP contribution < -0.4 is 5.32 Å². The molecule has 1 N–H and O–H groups in total. The standard InChI is InChI=1S/C22H31N3O7S/c1-15-6-9-24(10-7-15)33(29,30)25-8-4-5-16(14-25)20(26)23-19-12-17(21(27)31-2)11-18(13-19)22(28)32-3/h11-13,15-16H,4-10,14H2,1-3H3,(H,23,26)/t16-/m1/s1. The number of anilines is 1. The zero-order valence-corrected chi connectivity index (χ0v) is 20.0. The quantitative estimate of drug-likeness (QED) is 0.616.